The van der Waals surface area contributed by atoms with Crippen molar-refractivity contribution >= 4 is 54.8 Å². The standard InChI is InChI=1S/C42H60N4P2Si2/c1-49(2,3)36-19-34(27-48(38-43-9-7-10-44-38)39-45-11-8-12-46-39)35(20-37(36)50(4,5)6)42(47,40-21-28-13-29(22-40)15-30(14-28)23-40)41-24-31-16-32(25-41)18-33(17-31)26-41/h7-12,19-20,28-33H,13-18,21-27,47H2,1-6H3. The molecule has 0 radical (unpaired) electrons. The van der Waals surface area contributed by atoms with Crippen LogP contribution in [0.2, 0.25) is 39.3 Å². The van der Waals surface area contributed by atoms with Crippen LogP contribution in [0.25, 0.3) is 0 Å². The largest absolute Gasteiger partial charge is 0.237 e. The Morgan fingerprint density at radius 1 is 0.600 bits per heavy atom. The Hall–Kier alpha value is -1.33. The van der Waals surface area contributed by atoms with Crippen molar-refractivity contribution < 1.29 is 0 Å². The van der Waals surface area contributed by atoms with Gasteiger partial charge >= 0.3 is 0 Å². The third-order valence-corrected chi connectivity index (χ3v) is 22.9. The van der Waals surface area contributed by atoms with Crippen LogP contribution in [0.15, 0.2) is 49.1 Å². The fourth-order valence-electron chi connectivity index (χ4n) is 14.0. The lowest BCUT2D eigenvalue weighted by Gasteiger charge is -2.72. The minimum Gasteiger partial charge on any atom is -0.237 e. The summed E-state index contributed by atoms with van der Waals surface area (Å²) in [5.74, 6) is 5.60. The van der Waals surface area contributed by atoms with Crippen molar-refractivity contribution in [2.45, 2.75) is 128 Å². The monoisotopic (exact) mass is 738 g/mol. The van der Waals surface area contributed by atoms with Crippen LogP contribution in [-0.2, 0) is 11.3 Å². The Morgan fingerprint density at radius 3 is 1.28 bits per heavy atom. The molecule has 1 aromatic carbocycles. The van der Waals surface area contributed by atoms with Crippen molar-refractivity contribution in [3.63, 3.8) is 0 Å². The van der Waals surface area contributed by atoms with Gasteiger partial charge in [0.1, 0.15) is 0 Å². The van der Waals surface area contributed by atoms with Crippen LogP contribution in [0, 0.1) is 46.3 Å². The van der Waals surface area contributed by atoms with E-state index in [1.165, 1.54) is 77.0 Å². The summed E-state index contributed by atoms with van der Waals surface area (Å²) in [7, 11) is -0.409. The smallest absolute Gasteiger partial charge is 0.158 e. The van der Waals surface area contributed by atoms with Crippen molar-refractivity contribution in [1.82, 2.24) is 19.9 Å². The maximum absolute atomic E-state index is 4.93. The summed E-state index contributed by atoms with van der Waals surface area (Å²) >= 11 is 0. The van der Waals surface area contributed by atoms with Crippen molar-refractivity contribution in [2.24, 2.45) is 46.3 Å². The molecule has 2 aromatic heterocycles. The SMILES string of the molecule is C[Si](C)(C)c1cc(CP(c2ncccn2)c2ncccn2)c(C(P)(C23CC4CC(CC(C4)C2)C3)C23CC4CC(CC(C4)C2)C3)cc1[Si](C)(C)C. The fourth-order valence-corrected chi connectivity index (χ4v) is 22.0. The highest BCUT2D eigenvalue weighted by molar-refractivity contribution is 7.71. The van der Waals surface area contributed by atoms with E-state index in [4.69, 9.17) is 19.9 Å². The molecule has 3 aromatic rings. The zero-order valence-corrected chi connectivity index (χ0v) is 35.6. The van der Waals surface area contributed by atoms with Gasteiger partial charge in [-0.3, -0.25) is 0 Å². The molecule has 8 bridgehead atoms. The van der Waals surface area contributed by atoms with Crippen LogP contribution in [0.4, 0.5) is 0 Å². The van der Waals surface area contributed by atoms with Gasteiger partial charge in [-0.15, -0.1) is 9.24 Å². The molecule has 50 heavy (non-hydrogen) atoms. The third kappa shape index (κ3) is 5.53. The van der Waals surface area contributed by atoms with Gasteiger partial charge in [0.25, 0.3) is 0 Å². The van der Waals surface area contributed by atoms with Crippen LogP contribution in [0.3, 0.4) is 0 Å². The lowest BCUT2D eigenvalue weighted by atomic mass is 9.37. The first-order valence-electron chi connectivity index (χ1n) is 20.0. The van der Waals surface area contributed by atoms with E-state index in [0.717, 1.165) is 52.8 Å². The van der Waals surface area contributed by atoms with Gasteiger partial charge in [-0.25, -0.2) is 19.9 Å². The Labute approximate surface area is 307 Å². The molecule has 0 saturated heterocycles. The molecule has 8 aliphatic carbocycles. The third-order valence-electron chi connectivity index (χ3n) is 14.9. The Balaban J connectivity index is 1.32. The number of hydrogen-bond donors (Lipinski definition) is 0. The predicted octanol–water partition coefficient (Wildman–Crippen LogP) is 8.49. The second-order valence-electron chi connectivity index (χ2n) is 20.4. The summed E-state index contributed by atoms with van der Waals surface area (Å²) in [5.41, 5.74) is 5.92. The van der Waals surface area contributed by atoms with Gasteiger partial charge < -0.3 is 0 Å². The van der Waals surface area contributed by atoms with Crippen LogP contribution >= 0.6 is 17.2 Å². The molecular formula is C42H60N4P2Si2. The van der Waals surface area contributed by atoms with Crippen LogP contribution in [0.1, 0.15) is 88.2 Å². The second kappa shape index (κ2) is 12.1. The van der Waals surface area contributed by atoms with E-state index in [2.05, 4.69) is 60.7 Å². The van der Waals surface area contributed by atoms with Crippen LogP contribution < -0.4 is 21.5 Å². The van der Waals surface area contributed by atoms with Crippen molar-refractivity contribution in [1.29, 1.82) is 0 Å². The topological polar surface area (TPSA) is 51.6 Å². The molecule has 0 aliphatic heterocycles. The van der Waals surface area contributed by atoms with E-state index >= 15 is 0 Å². The highest BCUT2D eigenvalue weighted by atomic mass is 31.1. The zero-order valence-electron chi connectivity index (χ0n) is 31.6. The minimum absolute atomic E-state index is 0.0871. The van der Waals surface area contributed by atoms with Gasteiger partial charge in [0, 0.05) is 44.0 Å². The van der Waals surface area contributed by atoms with Gasteiger partial charge in [-0.05, 0) is 147 Å². The highest BCUT2D eigenvalue weighted by Gasteiger charge is 2.69. The second-order valence-corrected chi connectivity index (χ2v) is 33.4. The van der Waals surface area contributed by atoms with Gasteiger partial charge in [-0.2, -0.15) is 0 Å². The minimum atomic E-state index is -1.68. The first kappa shape index (κ1) is 34.4. The molecule has 2 heterocycles. The molecule has 4 nitrogen and oxygen atoms in total. The Kier molecular flexibility index (Phi) is 8.33. The van der Waals surface area contributed by atoms with Gasteiger partial charge in [0.15, 0.2) is 11.1 Å². The number of nitrogens with zero attached hydrogens (tertiary/aromatic N) is 4. The van der Waals surface area contributed by atoms with E-state index in [1.807, 2.05) is 36.9 Å². The summed E-state index contributed by atoms with van der Waals surface area (Å²) in [6.07, 6.45) is 26.4. The Bertz CT molecular complexity index is 1600. The van der Waals surface area contributed by atoms with E-state index in [0.29, 0.717) is 10.8 Å². The number of hydrogen-bond acceptors (Lipinski definition) is 4. The summed E-state index contributed by atoms with van der Waals surface area (Å²) < 4.78 is 0. The fraction of sp³-hybridized carbons (Fsp3) is 0.667. The molecule has 8 saturated carbocycles. The quantitative estimate of drug-likeness (QED) is 0.163. The van der Waals surface area contributed by atoms with E-state index in [9.17, 15) is 0 Å². The maximum atomic E-state index is 4.93. The molecule has 1 unspecified atom stereocenters. The molecule has 8 heteroatoms. The van der Waals surface area contributed by atoms with Crippen LogP contribution in [-0.4, -0.2) is 36.1 Å². The summed E-state index contributed by atoms with van der Waals surface area (Å²) in [6.45, 7) is 15.6. The highest BCUT2D eigenvalue weighted by Crippen LogP contribution is 2.78. The first-order valence-corrected chi connectivity index (χ1v) is 29.1. The van der Waals surface area contributed by atoms with Crippen molar-refractivity contribution in [2.75, 3.05) is 0 Å². The van der Waals surface area contributed by atoms with Crippen molar-refractivity contribution in [3.05, 3.63) is 60.2 Å². The lowest BCUT2D eigenvalue weighted by Crippen LogP contribution is -2.65. The molecule has 8 fully saturated rings. The Morgan fingerprint density at radius 2 is 0.940 bits per heavy atom. The van der Waals surface area contributed by atoms with E-state index in [-0.39, 0.29) is 5.16 Å². The first-order chi connectivity index (χ1) is 23.8. The van der Waals surface area contributed by atoms with E-state index in [1.54, 1.807) is 21.5 Å². The van der Waals surface area contributed by atoms with Crippen LogP contribution in [0.5, 0.6) is 0 Å². The summed E-state index contributed by atoms with van der Waals surface area (Å²) in [6, 6.07) is 9.63. The van der Waals surface area contributed by atoms with Crippen molar-refractivity contribution in [3.8, 4) is 0 Å². The lowest BCUT2D eigenvalue weighted by molar-refractivity contribution is -0.158. The molecule has 266 valence electrons. The molecule has 0 N–H and O–H groups in total. The summed E-state index contributed by atoms with van der Waals surface area (Å²) in [5, 5.41) is 3.55. The molecular weight excluding hydrogens is 679 g/mol. The molecule has 0 amide bonds. The number of aromatic nitrogens is 4. The molecule has 11 rings (SSSR count). The number of benzene rings is 1. The zero-order chi connectivity index (χ0) is 34.7. The summed E-state index contributed by atoms with van der Waals surface area (Å²) in [4.78, 5) is 19.7. The van der Waals surface area contributed by atoms with Gasteiger partial charge in [0.05, 0.1) is 16.1 Å². The number of rotatable bonds is 9. The maximum Gasteiger partial charge on any atom is 0.158 e. The molecule has 1 atom stereocenters. The average molecular weight is 739 g/mol. The van der Waals surface area contributed by atoms with Gasteiger partial charge in [-0.1, -0.05) is 61.8 Å². The van der Waals surface area contributed by atoms with Gasteiger partial charge in [0.2, 0.25) is 0 Å². The molecule has 8 aliphatic rings. The normalized spacial score (nSPS) is 35.5. The predicted molar refractivity (Wildman–Crippen MR) is 219 cm³/mol. The molecule has 0 spiro atoms. The van der Waals surface area contributed by atoms with E-state index < -0.39 is 24.1 Å². The average Bonchev–Trinajstić information content (AvgIpc) is 3.05.